The zero-order chi connectivity index (χ0) is 34.8. The Morgan fingerprint density at radius 2 is 1.33 bits per heavy atom. The van der Waals surface area contributed by atoms with Gasteiger partial charge in [-0.2, -0.15) is 5.06 Å². The number of nitrogens with zero attached hydrogens (tertiary/aromatic N) is 2. The number of hydrogen-bond donors (Lipinski definition) is 1. The molecule has 4 unspecified atom stereocenters. The Morgan fingerprint density at radius 1 is 0.857 bits per heavy atom. The van der Waals surface area contributed by atoms with Crippen LogP contribution in [0, 0.1) is 0 Å². The van der Waals surface area contributed by atoms with Gasteiger partial charge in [-0.05, 0) is 49.4 Å². The van der Waals surface area contributed by atoms with Crippen LogP contribution in [0.2, 0.25) is 18.1 Å². The average molecular weight is 691 g/mol. The van der Waals surface area contributed by atoms with Crippen molar-refractivity contribution in [2.75, 3.05) is 6.54 Å². The SMILES string of the molecule is C[SiH](C)C1(C(O)C2C(=C=O)CCN2OCc2ccccc2)C(=O)N(C(C)(C)C)C1SC(c1ccccc1)(c1ccccc1)c1ccccc1. The van der Waals surface area contributed by atoms with Gasteiger partial charge in [0.1, 0.15) is 5.94 Å². The number of aliphatic hydroxyl groups excluding tert-OH is 1. The molecule has 0 radical (unpaired) electrons. The highest BCUT2D eigenvalue weighted by molar-refractivity contribution is 8.01. The van der Waals surface area contributed by atoms with E-state index in [1.165, 1.54) is 0 Å². The van der Waals surface area contributed by atoms with Crippen molar-refractivity contribution in [1.29, 1.82) is 0 Å². The van der Waals surface area contributed by atoms with Crippen molar-refractivity contribution >= 4 is 32.4 Å². The Morgan fingerprint density at radius 3 is 1.76 bits per heavy atom. The van der Waals surface area contributed by atoms with Crippen LogP contribution in [0.4, 0.5) is 0 Å². The summed E-state index contributed by atoms with van der Waals surface area (Å²) < 4.78 is -0.727. The van der Waals surface area contributed by atoms with Gasteiger partial charge >= 0.3 is 0 Å². The van der Waals surface area contributed by atoms with Crippen LogP contribution in [0.15, 0.2) is 127 Å². The van der Waals surface area contributed by atoms with Gasteiger partial charge in [-0.1, -0.05) is 134 Å². The van der Waals surface area contributed by atoms with Crippen LogP contribution in [0.5, 0.6) is 0 Å². The van der Waals surface area contributed by atoms with E-state index in [9.17, 15) is 14.7 Å². The number of hydroxylamine groups is 2. The minimum absolute atomic E-state index is 0.0603. The van der Waals surface area contributed by atoms with Crippen molar-refractivity contribution in [3.63, 3.8) is 0 Å². The van der Waals surface area contributed by atoms with E-state index < -0.39 is 41.6 Å². The van der Waals surface area contributed by atoms with E-state index in [0.717, 1.165) is 22.3 Å². The number of β-lactam (4-membered cyclic amide) rings is 1. The van der Waals surface area contributed by atoms with Gasteiger partial charge in [0.2, 0.25) is 5.91 Å². The van der Waals surface area contributed by atoms with Crippen molar-refractivity contribution in [3.8, 4) is 0 Å². The highest BCUT2D eigenvalue weighted by atomic mass is 32.2. The van der Waals surface area contributed by atoms with E-state index in [1.807, 2.05) is 53.4 Å². The molecule has 2 aliphatic rings. The van der Waals surface area contributed by atoms with Gasteiger partial charge in [0.25, 0.3) is 0 Å². The molecule has 2 heterocycles. The summed E-state index contributed by atoms with van der Waals surface area (Å²) in [6, 6.07) is 40.4. The molecule has 4 aromatic rings. The molecule has 1 amide bonds. The standard InChI is InChI=1S/C41H46N2O4SSi/c1-39(2,3)43-37(46)41(49(4)5,36(45)35-31(28-44)26-27-42(35)47-29-30-18-10-6-11-19-30)38(43)48-40(32-20-12-7-13-21-32,33-22-14-8-15-23-33)34-24-16-9-17-25-34/h6-25,35-36,38,45,49H,26-27,29H2,1-5H3. The van der Waals surface area contributed by atoms with E-state index in [2.05, 4.69) is 113 Å². The molecule has 6 rings (SSSR count). The van der Waals surface area contributed by atoms with Crippen LogP contribution >= 0.6 is 11.8 Å². The Hall–Kier alpha value is -3.75. The van der Waals surface area contributed by atoms with Crippen molar-refractivity contribution in [2.45, 2.75) is 79.7 Å². The van der Waals surface area contributed by atoms with E-state index >= 15 is 0 Å². The summed E-state index contributed by atoms with van der Waals surface area (Å²) in [4.78, 5) is 35.8. The number of hydrogen-bond acceptors (Lipinski definition) is 6. The van der Waals surface area contributed by atoms with Crippen LogP contribution in [0.3, 0.4) is 0 Å². The second kappa shape index (κ2) is 14.2. The molecule has 2 saturated heterocycles. The van der Waals surface area contributed by atoms with E-state index in [4.69, 9.17) is 4.84 Å². The van der Waals surface area contributed by atoms with Crippen molar-refractivity contribution in [2.24, 2.45) is 0 Å². The van der Waals surface area contributed by atoms with Gasteiger partial charge < -0.3 is 10.0 Å². The third-order valence-electron chi connectivity index (χ3n) is 10.2. The third-order valence-corrected chi connectivity index (χ3v) is 15.1. The quantitative estimate of drug-likeness (QED) is 0.0776. The van der Waals surface area contributed by atoms with Crippen LogP contribution in [-0.2, 0) is 25.8 Å². The predicted molar refractivity (Wildman–Crippen MR) is 200 cm³/mol. The van der Waals surface area contributed by atoms with E-state index in [1.54, 1.807) is 16.8 Å². The number of rotatable bonds is 11. The predicted octanol–water partition coefficient (Wildman–Crippen LogP) is 7.23. The first kappa shape index (κ1) is 35.1. The van der Waals surface area contributed by atoms with Crippen LogP contribution in [-0.4, -0.2) is 65.3 Å². The van der Waals surface area contributed by atoms with Gasteiger partial charge in [0, 0.05) is 17.7 Å². The summed E-state index contributed by atoms with van der Waals surface area (Å²) in [6.07, 6.45) is -0.760. The molecule has 0 aromatic heterocycles. The van der Waals surface area contributed by atoms with Crippen molar-refractivity contribution in [1.82, 2.24) is 9.96 Å². The fourth-order valence-corrected chi connectivity index (χ4v) is 13.0. The summed E-state index contributed by atoms with van der Waals surface area (Å²) in [7, 11) is -2.06. The van der Waals surface area contributed by atoms with Crippen LogP contribution < -0.4 is 0 Å². The smallest absolute Gasteiger partial charge is 0.232 e. The number of thioether (sulfide) groups is 1. The fourth-order valence-electron chi connectivity index (χ4n) is 7.70. The van der Waals surface area contributed by atoms with E-state index in [-0.39, 0.29) is 5.91 Å². The molecule has 2 fully saturated rings. The zero-order valence-corrected chi connectivity index (χ0v) is 30.9. The maximum Gasteiger partial charge on any atom is 0.232 e. The number of carbonyl (C=O) groups excluding carboxylic acids is 2. The number of carbonyl (C=O) groups is 1. The Balaban J connectivity index is 1.52. The minimum Gasteiger partial charge on any atom is -0.390 e. The van der Waals surface area contributed by atoms with Crippen molar-refractivity contribution in [3.05, 3.63) is 149 Å². The monoisotopic (exact) mass is 690 g/mol. The highest BCUT2D eigenvalue weighted by Gasteiger charge is 2.71. The van der Waals surface area contributed by atoms with Crippen molar-refractivity contribution < 1.29 is 19.5 Å². The van der Waals surface area contributed by atoms with Crippen LogP contribution in [0.1, 0.15) is 49.4 Å². The normalized spacial score (nSPS) is 22.2. The van der Waals surface area contributed by atoms with Crippen LogP contribution in [0.25, 0.3) is 0 Å². The van der Waals surface area contributed by atoms with Gasteiger partial charge in [-0.15, -0.1) is 11.8 Å². The summed E-state index contributed by atoms with van der Waals surface area (Å²) >= 11 is 1.73. The molecule has 0 saturated carbocycles. The summed E-state index contributed by atoms with van der Waals surface area (Å²) in [5.41, 5.74) is 4.16. The molecule has 4 aromatic carbocycles. The topological polar surface area (TPSA) is 70.1 Å². The minimum atomic E-state index is -2.06. The second-order valence-electron chi connectivity index (χ2n) is 14.3. The summed E-state index contributed by atoms with van der Waals surface area (Å²) in [5, 5.41) is 13.0. The number of likely N-dealkylation sites (tertiary alicyclic amines) is 1. The lowest BCUT2D eigenvalue weighted by atomic mass is 9.81. The van der Waals surface area contributed by atoms with Gasteiger partial charge in [0.05, 0.1) is 42.7 Å². The Bertz CT molecular complexity index is 1680. The first-order valence-corrected chi connectivity index (χ1v) is 20.9. The highest BCUT2D eigenvalue weighted by Crippen LogP contribution is 2.65. The van der Waals surface area contributed by atoms with Gasteiger partial charge in [-0.3, -0.25) is 9.63 Å². The third kappa shape index (κ3) is 6.16. The molecule has 0 aliphatic carbocycles. The molecule has 0 spiro atoms. The summed E-state index contributed by atoms with van der Waals surface area (Å²) in [5.74, 6) is 2.09. The zero-order valence-electron chi connectivity index (χ0n) is 29.0. The maximum absolute atomic E-state index is 15.0. The van der Waals surface area contributed by atoms with E-state index in [0.29, 0.717) is 25.1 Å². The lowest BCUT2D eigenvalue weighted by Crippen LogP contribution is -2.77. The lowest BCUT2D eigenvalue weighted by Gasteiger charge is -2.65. The average Bonchev–Trinajstić information content (AvgIpc) is 3.53. The molecular formula is C41H46N2O4SSi. The number of aliphatic hydroxyl groups is 1. The first-order valence-electron chi connectivity index (χ1n) is 17.1. The molecule has 49 heavy (non-hydrogen) atoms. The molecule has 0 bridgehead atoms. The first-order chi connectivity index (χ1) is 23.6. The second-order valence-corrected chi connectivity index (χ2v) is 18.9. The fraction of sp³-hybridized carbons (Fsp3) is 0.341. The maximum atomic E-state index is 15.0. The molecule has 4 atom stereocenters. The molecule has 1 N–H and O–H groups in total. The molecule has 2 aliphatic heterocycles. The summed E-state index contributed by atoms with van der Waals surface area (Å²) in [6.45, 7) is 11.2. The Kier molecular flexibility index (Phi) is 10.2. The molecule has 8 heteroatoms. The number of amides is 1. The lowest BCUT2D eigenvalue weighted by molar-refractivity contribution is -0.205. The van der Waals surface area contributed by atoms with Gasteiger partial charge in [-0.25, -0.2) is 4.79 Å². The molecule has 254 valence electrons. The molecule has 6 nitrogen and oxygen atoms in total. The molecular weight excluding hydrogens is 645 g/mol. The Labute approximate surface area is 296 Å². The van der Waals surface area contributed by atoms with Gasteiger partial charge in [0.15, 0.2) is 0 Å². The number of benzene rings is 4. The largest absolute Gasteiger partial charge is 0.390 e.